The average molecular weight is 234 g/mol. The predicted molar refractivity (Wildman–Crippen MR) is 69.0 cm³/mol. The first-order valence-electron chi connectivity index (χ1n) is 6.23. The van der Waals surface area contributed by atoms with Crippen LogP contribution in [0.4, 0.5) is 0 Å². The summed E-state index contributed by atoms with van der Waals surface area (Å²) in [6.45, 7) is 11.2. The van der Waals surface area contributed by atoms with Crippen LogP contribution in [0.2, 0.25) is 0 Å². The van der Waals surface area contributed by atoms with Gasteiger partial charge in [-0.25, -0.2) is 0 Å². The van der Waals surface area contributed by atoms with Crippen LogP contribution in [-0.4, -0.2) is 35.3 Å². The highest BCUT2D eigenvalue weighted by Crippen LogP contribution is 2.26. The van der Waals surface area contributed by atoms with Gasteiger partial charge in [-0.15, -0.1) is 0 Å². The molecule has 0 amide bonds. The van der Waals surface area contributed by atoms with E-state index in [1.807, 2.05) is 13.1 Å². The summed E-state index contributed by atoms with van der Waals surface area (Å²) in [6, 6.07) is 4.28. The molecule has 2 rings (SSSR count). The molecule has 1 fully saturated rings. The third-order valence-electron chi connectivity index (χ3n) is 3.04. The van der Waals surface area contributed by atoms with E-state index < -0.39 is 0 Å². The van der Waals surface area contributed by atoms with Crippen molar-refractivity contribution < 1.29 is 4.74 Å². The molecule has 0 bridgehead atoms. The Morgan fingerprint density at radius 3 is 2.59 bits per heavy atom. The second-order valence-electron chi connectivity index (χ2n) is 5.85. The van der Waals surface area contributed by atoms with Gasteiger partial charge in [-0.05, 0) is 39.3 Å². The number of hydrogen-bond donors (Lipinski definition) is 0. The maximum absolute atomic E-state index is 5.75. The van der Waals surface area contributed by atoms with Crippen LogP contribution in [0, 0.1) is 6.92 Å². The van der Waals surface area contributed by atoms with Gasteiger partial charge in [0.2, 0.25) is 0 Å². The van der Waals surface area contributed by atoms with Crippen molar-refractivity contribution in [2.75, 3.05) is 19.8 Å². The molecule has 0 N–H and O–H groups in total. The summed E-state index contributed by atoms with van der Waals surface area (Å²) in [5.41, 5.74) is 2.39. The van der Waals surface area contributed by atoms with Crippen molar-refractivity contribution in [3.8, 4) is 0 Å². The van der Waals surface area contributed by atoms with Crippen molar-refractivity contribution in [2.24, 2.45) is 0 Å². The zero-order valence-electron chi connectivity index (χ0n) is 11.2. The average Bonchev–Trinajstić information content (AvgIpc) is 2.16. The van der Waals surface area contributed by atoms with Gasteiger partial charge in [0.1, 0.15) is 0 Å². The molecule has 2 heterocycles. The lowest BCUT2D eigenvalue weighted by Crippen LogP contribution is -2.47. The highest BCUT2D eigenvalue weighted by molar-refractivity contribution is 5.21. The van der Waals surface area contributed by atoms with Gasteiger partial charge in [0, 0.05) is 30.9 Å². The van der Waals surface area contributed by atoms with Gasteiger partial charge in [0.05, 0.1) is 12.3 Å². The molecule has 1 aliphatic heterocycles. The maximum atomic E-state index is 5.75. The first-order valence-corrected chi connectivity index (χ1v) is 6.23. The minimum Gasteiger partial charge on any atom is -0.360 e. The molecule has 0 atom stereocenters. The highest BCUT2D eigenvalue weighted by atomic mass is 16.5. The van der Waals surface area contributed by atoms with E-state index in [2.05, 4.69) is 42.8 Å². The normalized spacial score (nSPS) is 18.1. The van der Waals surface area contributed by atoms with E-state index in [1.54, 1.807) is 0 Å². The van der Waals surface area contributed by atoms with Gasteiger partial charge >= 0.3 is 0 Å². The summed E-state index contributed by atoms with van der Waals surface area (Å²) in [5.74, 6) is 0.631. The van der Waals surface area contributed by atoms with Crippen LogP contribution >= 0.6 is 0 Å². The van der Waals surface area contributed by atoms with Crippen LogP contribution in [0.1, 0.15) is 37.9 Å². The summed E-state index contributed by atoms with van der Waals surface area (Å²) in [7, 11) is 0. The molecule has 0 aromatic carbocycles. The van der Waals surface area contributed by atoms with Gasteiger partial charge in [-0.3, -0.25) is 9.88 Å². The Morgan fingerprint density at radius 2 is 2.06 bits per heavy atom. The van der Waals surface area contributed by atoms with E-state index in [0.29, 0.717) is 5.92 Å². The van der Waals surface area contributed by atoms with Crippen LogP contribution in [-0.2, 0) is 4.74 Å². The molecule has 3 nitrogen and oxygen atoms in total. The summed E-state index contributed by atoms with van der Waals surface area (Å²) in [4.78, 5) is 6.67. The van der Waals surface area contributed by atoms with E-state index in [9.17, 15) is 0 Å². The third-order valence-corrected chi connectivity index (χ3v) is 3.04. The Bertz CT molecular complexity index is 361. The van der Waals surface area contributed by atoms with E-state index >= 15 is 0 Å². The fraction of sp³-hybridized carbons (Fsp3) is 0.643. The van der Waals surface area contributed by atoms with Crippen molar-refractivity contribution >= 4 is 0 Å². The molecule has 1 aliphatic rings. The number of nitrogens with zero attached hydrogens (tertiary/aromatic N) is 2. The number of pyridine rings is 1. The summed E-state index contributed by atoms with van der Waals surface area (Å²) < 4.78 is 5.75. The standard InChI is InChI=1S/C14H22N2O/c1-11-5-6-12(7-15-11)13-8-16(9-13)10-17-14(2,3)4/h5-7,13H,8-10H2,1-4H3. The highest BCUT2D eigenvalue weighted by Gasteiger charge is 2.29. The predicted octanol–water partition coefficient (Wildman–Crippen LogP) is 2.56. The molecule has 0 unspecified atom stereocenters. The molecule has 3 heteroatoms. The quantitative estimate of drug-likeness (QED) is 0.803. The van der Waals surface area contributed by atoms with Crippen molar-refractivity contribution in [1.82, 2.24) is 9.88 Å². The first-order chi connectivity index (χ1) is 7.94. The molecule has 0 aliphatic carbocycles. The van der Waals surface area contributed by atoms with Crippen molar-refractivity contribution in [2.45, 2.75) is 39.2 Å². The smallest absolute Gasteiger partial charge is 0.0997 e. The molecule has 0 spiro atoms. The maximum Gasteiger partial charge on any atom is 0.0997 e. The molecule has 1 saturated heterocycles. The lowest BCUT2D eigenvalue weighted by Gasteiger charge is -2.40. The van der Waals surface area contributed by atoms with Crippen LogP contribution in [0.15, 0.2) is 18.3 Å². The molecule has 0 radical (unpaired) electrons. The minimum absolute atomic E-state index is 0.0451. The lowest BCUT2D eigenvalue weighted by molar-refractivity contribution is -0.0860. The Morgan fingerprint density at radius 1 is 1.35 bits per heavy atom. The molecule has 1 aromatic heterocycles. The van der Waals surface area contributed by atoms with E-state index in [1.165, 1.54) is 5.56 Å². The van der Waals surface area contributed by atoms with E-state index in [-0.39, 0.29) is 5.60 Å². The zero-order chi connectivity index (χ0) is 12.5. The largest absolute Gasteiger partial charge is 0.360 e. The molecule has 17 heavy (non-hydrogen) atoms. The SMILES string of the molecule is Cc1ccc(C2CN(COC(C)(C)C)C2)cn1. The summed E-state index contributed by atoms with van der Waals surface area (Å²) in [5, 5.41) is 0. The van der Waals surface area contributed by atoms with Crippen LogP contribution < -0.4 is 0 Å². The van der Waals surface area contributed by atoms with E-state index in [4.69, 9.17) is 4.74 Å². The fourth-order valence-electron chi connectivity index (χ4n) is 1.89. The van der Waals surface area contributed by atoms with Crippen LogP contribution in [0.5, 0.6) is 0 Å². The van der Waals surface area contributed by atoms with Gasteiger partial charge in [0.15, 0.2) is 0 Å². The van der Waals surface area contributed by atoms with E-state index in [0.717, 1.165) is 25.5 Å². The third kappa shape index (κ3) is 3.51. The topological polar surface area (TPSA) is 25.4 Å². The fourth-order valence-corrected chi connectivity index (χ4v) is 1.89. The lowest BCUT2D eigenvalue weighted by atomic mass is 9.93. The van der Waals surface area contributed by atoms with Gasteiger partial charge in [-0.2, -0.15) is 0 Å². The molecular weight excluding hydrogens is 212 g/mol. The van der Waals surface area contributed by atoms with Crippen LogP contribution in [0.3, 0.4) is 0 Å². The zero-order valence-corrected chi connectivity index (χ0v) is 11.2. The summed E-state index contributed by atoms with van der Waals surface area (Å²) >= 11 is 0. The molecule has 0 saturated carbocycles. The molecule has 94 valence electrons. The number of aryl methyl sites for hydroxylation is 1. The van der Waals surface area contributed by atoms with Gasteiger partial charge < -0.3 is 4.74 Å². The van der Waals surface area contributed by atoms with Gasteiger partial charge in [0.25, 0.3) is 0 Å². The number of hydrogen-bond acceptors (Lipinski definition) is 3. The second kappa shape index (κ2) is 4.75. The first kappa shape index (κ1) is 12.5. The van der Waals surface area contributed by atoms with Crippen molar-refractivity contribution in [3.05, 3.63) is 29.6 Å². The summed E-state index contributed by atoms with van der Waals surface area (Å²) in [6.07, 6.45) is 2.00. The van der Waals surface area contributed by atoms with Crippen molar-refractivity contribution in [3.63, 3.8) is 0 Å². The van der Waals surface area contributed by atoms with Crippen molar-refractivity contribution in [1.29, 1.82) is 0 Å². The number of likely N-dealkylation sites (tertiary alicyclic amines) is 1. The number of rotatable bonds is 3. The Kier molecular flexibility index (Phi) is 3.50. The Balaban J connectivity index is 1.77. The van der Waals surface area contributed by atoms with Crippen LogP contribution in [0.25, 0.3) is 0 Å². The monoisotopic (exact) mass is 234 g/mol. The Hall–Kier alpha value is -0.930. The molecular formula is C14H22N2O. The number of aromatic nitrogens is 1. The minimum atomic E-state index is -0.0451. The second-order valence-corrected chi connectivity index (χ2v) is 5.85. The van der Waals surface area contributed by atoms with Gasteiger partial charge in [-0.1, -0.05) is 6.07 Å². The Labute approximate surface area is 104 Å². The number of ether oxygens (including phenoxy) is 1. The molecule has 1 aromatic rings.